The molecule has 0 aliphatic carbocycles. The Morgan fingerprint density at radius 2 is 0.427 bits per heavy atom. The van der Waals surface area contributed by atoms with Gasteiger partial charge < -0.3 is 177 Å². The maximum absolute atomic E-state index is 12.5. The lowest BCUT2D eigenvalue weighted by molar-refractivity contribution is -0.00571. The molecular formula is C75H64O35. The van der Waals surface area contributed by atoms with Crippen molar-refractivity contribution in [3.8, 4) is 172 Å². The normalized spacial score (nSPS) is 22.8. The average Bonchev–Trinajstić information content (AvgIpc) is 0.711. The summed E-state index contributed by atoms with van der Waals surface area (Å²) in [6, 6.07) is 16.0. The number of ether oxygens (including phenoxy) is 5. The summed E-state index contributed by atoms with van der Waals surface area (Å²) in [7, 11) is 0. The Kier molecular flexibility index (Phi) is 17.6. The zero-order chi connectivity index (χ0) is 79.3. The van der Waals surface area contributed by atoms with Crippen LogP contribution in [0, 0.1) is 0 Å². The molecule has 0 amide bonds. The standard InChI is InChI=1S/C45H38O21.C30H26O14/c46-15-7-18(48)30-29(8-15)64-42(13-3-24(54)37(60)25(55)4-13)39(62)34(30)32-20(50)11-21(51)33-35(40(63)43(66-45(32)33)14-5-26(56)38(61)27(57)6-14)31-19(49)10-17(47)16-9-28(58)41(65-44(16)31)12-1-22(52)36(59)23(53)2-12;31-11-5-14(33)22-21(6-11)43-29(10-3-18(37)26(41)19(38)4-10)27(42)24(22)23-15(34)8-13(32)12-7-20(39)28(44-30(12)23)9-1-16(35)25(40)17(36)2-9/h1-8,10-11,28,34-35,39-43,46-63H,9H2;1-6,8,20,24,27-29,31-42H,7H2/t28-,34-,35-,39-,40-,41-,42-,43-;20-,24-,27-,28-,29-/m11/s1. The molecule has 574 valence electrons. The molecule has 30 N–H and O–H groups in total. The van der Waals surface area contributed by atoms with Crippen LogP contribution in [-0.2, 0) is 12.8 Å². The Hall–Kier alpha value is -14.0. The van der Waals surface area contributed by atoms with E-state index in [1.165, 1.54) is 0 Å². The van der Waals surface area contributed by atoms with Gasteiger partial charge in [0, 0.05) is 128 Å². The molecule has 0 unspecified atom stereocenters. The molecule has 5 heterocycles. The summed E-state index contributed by atoms with van der Waals surface area (Å²) >= 11 is 0. The number of fused-ring (bicyclic) bond motifs is 5. The Balaban J connectivity index is 0.000000199. The molecule has 0 spiro atoms. The van der Waals surface area contributed by atoms with E-state index in [4.69, 9.17) is 23.7 Å². The molecule has 0 saturated carbocycles. The third-order valence-electron chi connectivity index (χ3n) is 20.0. The van der Waals surface area contributed by atoms with Crippen LogP contribution in [0.1, 0.15) is 121 Å². The van der Waals surface area contributed by atoms with Crippen LogP contribution in [0.5, 0.6) is 172 Å². The Bertz CT molecular complexity index is 5350. The second-order valence-corrected chi connectivity index (χ2v) is 26.8. The summed E-state index contributed by atoms with van der Waals surface area (Å²) in [5, 5.41) is 324. The Labute approximate surface area is 614 Å². The number of phenolic OH excluding ortho intramolecular Hbond substituents is 25. The first-order valence-electron chi connectivity index (χ1n) is 32.8. The molecule has 5 aliphatic rings. The van der Waals surface area contributed by atoms with Crippen LogP contribution in [0.3, 0.4) is 0 Å². The minimum atomic E-state index is -2.09. The van der Waals surface area contributed by atoms with Crippen LogP contribution in [-0.4, -0.2) is 184 Å². The predicted octanol–water partition coefficient (Wildman–Crippen LogP) is 5.97. The molecule has 15 rings (SSSR count). The van der Waals surface area contributed by atoms with E-state index in [-0.39, 0.29) is 79.3 Å². The highest BCUT2D eigenvalue weighted by Crippen LogP contribution is 2.64. The van der Waals surface area contributed by atoms with Gasteiger partial charge in [-0.1, -0.05) is 0 Å². The molecule has 35 heteroatoms. The van der Waals surface area contributed by atoms with Crippen molar-refractivity contribution in [1.29, 1.82) is 0 Å². The van der Waals surface area contributed by atoms with Crippen molar-refractivity contribution < 1.29 is 177 Å². The second-order valence-electron chi connectivity index (χ2n) is 26.8. The van der Waals surface area contributed by atoms with Crippen LogP contribution >= 0.6 is 0 Å². The first-order chi connectivity index (χ1) is 51.9. The molecule has 5 aliphatic heterocycles. The number of phenols is 25. The van der Waals surface area contributed by atoms with Gasteiger partial charge in [0.15, 0.2) is 117 Å². The van der Waals surface area contributed by atoms with Crippen molar-refractivity contribution in [2.45, 2.75) is 91.6 Å². The van der Waals surface area contributed by atoms with E-state index in [0.717, 1.165) is 103 Å². The molecular weight excluding hydrogens is 1460 g/mol. The van der Waals surface area contributed by atoms with Gasteiger partial charge in [-0.2, -0.15) is 0 Å². The zero-order valence-corrected chi connectivity index (χ0v) is 55.7. The Morgan fingerprint density at radius 3 is 0.709 bits per heavy atom. The summed E-state index contributed by atoms with van der Waals surface area (Å²) in [6.45, 7) is 0. The number of benzene rings is 10. The average molecular weight is 1530 g/mol. The van der Waals surface area contributed by atoms with Gasteiger partial charge in [0.25, 0.3) is 0 Å². The van der Waals surface area contributed by atoms with Crippen LogP contribution in [0.25, 0.3) is 0 Å². The fourth-order valence-electron chi connectivity index (χ4n) is 15.0. The highest BCUT2D eigenvalue weighted by atomic mass is 16.5. The van der Waals surface area contributed by atoms with Crippen molar-refractivity contribution in [1.82, 2.24) is 0 Å². The number of aliphatic hydroxyl groups is 5. The van der Waals surface area contributed by atoms with Crippen molar-refractivity contribution in [3.63, 3.8) is 0 Å². The van der Waals surface area contributed by atoms with Gasteiger partial charge >= 0.3 is 0 Å². The number of hydrogen-bond donors (Lipinski definition) is 30. The first kappa shape index (κ1) is 72.9. The molecule has 0 bridgehead atoms. The van der Waals surface area contributed by atoms with E-state index in [1.54, 1.807) is 0 Å². The fourth-order valence-corrected chi connectivity index (χ4v) is 15.0. The monoisotopic (exact) mass is 1520 g/mol. The van der Waals surface area contributed by atoms with Gasteiger partial charge in [-0.05, 0) is 60.7 Å². The summed E-state index contributed by atoms with van der Waals surface area (Å²) in [6.07, 6.45) is -17.5. The lowest BCUT2D eigenvalue weighted by atomic mass is 9.73. The number of hydrogen-bond acceptors (Lipinski definition) is 35. The highest BCUT2D eigenvalue weighted by Gasteiger charge is 2.53. The molecule has 110 heavy (non-hydrogen) atoms. The van der Waals surface area contributed by atoms with Crippen molar-refractivity contribution in [2.24, 2.45) is 0 Å². The maximum atomic E-state index is 12.5. The summed E-state index contributed by atoms with van der Waals surface area (Å²) in [5.74, 6) is -26.2. The molecule has 35 nitrogen and oxygen atoms in total. The minimum absolute atomic E-state index is 0.00153. The van der Waals surface area contributed by atoms with Crippen molar-refractivity contribution >= 4 is 0 Å². The number of aromatic hydroxyl groups is 25. The number of rotatable bonds is 8. The lowest BCUT2D eigenvalue weighted by Crippen LogP contribution is -2.39. The molecule has 0 saturated heterocycles. The Morgan fingerprint density at radius 1 is 0.209 bits per heavy atom. The molecule has 0 aromatic heterocycles. The highest BCUT2D eigenvalue weighted by molar-refractivity contribution is 5.73. The van der Waals surface area contributed by atoms with Gasteiger partial charge in [-0.3, -0.25) is 0 Å². The molecule has 10 aromatic rings. The molecule has 0 radical (unpaired) electrons. The van der Waals surface area contributed by atoms with Crippen LogP contribution in [0.4, 0.5) is 0 Å². The van der Waals surface area contributed by atoms with Gasteiger partial charge in [-0.15, -0.1) is 0 Å². The summed E-state index contributed by atoms with van der Waals surface area (Å²) in [4.78, 5) is 0. The third-order valence-corrected chi connectivity index (χ3v) is 20.0. The van der Waals surface area contributed by atoms with Gasteiger partial charge in [0.2, 0.25) is 0 Å². The van der Waals surface area contributed by atoms with Gasteiger partial charge in [0.1, 0.15) is 105 Å². The van der Waals surface area contributed by atoms with E-state index in [1.807, 2.05) is 0 Å². The first-order valence-corrected chi connectivity index (χ1v) is 32.8. The molecule has 10 aromatic carbocycles. The minimum Gasteiger partial charge on any atom is -0.508 e. The van der Waals surface area contributed by atoms with E-state index >= 15 is 0 Å². The lowest BCUT2D eigenvalue weighted by Gasteiger charge is -2.43. The number of aliphatic hydroxyl groups excluding tert-OH is 5. The van der Waals surface area contributed by atoms with Crippen molar-refractivity contribution in [3.05, 3.63) is 175 Å². The predicted molar refractivity (Wildman–Crippen MR) is 366 cm³/mol. The van der Waals surface area contributed by atoms with Crippen LogP contribution in [0.15, 0.2) is 103 Å². The summed E-state index contributed by atoms with van der Waals surface area (Å²) < 4.78 is 30.6. The van der Waals surface area contributed by atoms with Crippen LogP contribution < -0.4 is 23.7 Å². The largest absolute Gasteiger partial charge is 0.508 e. The molecule has 13 atom stereocenters. The molecule has 0 fully saturated rings. The SMILES string of the molecule is Oc1cc(O)c2c(c1)O[C@H](c1cc(O)c(O)c(O)c1)[C@H](O)[C@H]2c1c(O)cc(O)c2c1O[C@H](c1cc(O)c(O)c(O)c1)[C@H](O)C2.Oc1cc(O)c2c(c1)O[C@H](c1cc(O)c(O)c(O)c1)[C@H](O)[C@H]2c1c(O)cc(O)c2c1O[C@H](c1cc(O)c(O)c(O)c1)[C@H](O)[C@@H]2c1c(O)cc(O)c2c1O[C@H](c1cc(O)c(O)c(O)c1)[C@H](O)C2. The van der Waals surface area contributed by atoms with Gasteiger partial charge in [-0.25, -0.2) is 0 Å². The topological polar surface area (TPSA) is 653 Å². The van der Waals surface area contributed by atoms with E-state index < -0.39 is 257 Å². The van der Waals surface area contributed by atoms with E-state index in [0.29, 0.717) is 0 Å². The van der Waals surface area contributed by atoms with E-state index in [2.05, 4.69) is 0 Å². The zero-order valence-electron chi connectivity index (χ0n) is 55.7. The smallest absolute Gasteiger partial charge is 0.200 e. The maximum Gasteiger partial charge on any atom is 0.200 e. The third kappa shape index (κ3) is 11.8. The quantitative estimate of drug-likeness (QED) is 0.0779. The van der Waals surface area contributed by atoms with Gasteiger partial charge in [0.05, 0.1) is 30.0 Å². The second kappa shape index (κ2) is 26.5. The summed E-state index contributed by atoms with van der Waals surface area (Å²) in [5.41, 5.74) is -3.02. The van der Waals surface area contributed by atoms with E-state index in [9.17, 15) is 153 Å². The fraction of sp³-hybridized carbons (Fsp3) is 0.200. The van der Waals surface area contributed by atoms with Crippen molar-refractivity contribution in [2.75, 3.05) is 0 Å². The van der Waals surface area contributed by atoms with Crippen LogP contribution in [0.2, 0.25) is 0 Å².